The number of benzene rings is 1. The molecule has 0 aliphatic carbocycles. The standard InChI is InChI=1S/C22H28N4O6S/c1-4-10-31-22(28)32-18-12-23-20-19(18)16-11-15(6-7-17(16)24-21(20)27)33(29,30)26(5-2)14-8-9-25(3)13-14/h6-7,11-12,14,23H,4-5,8-10,13H2,1-3H3,(H,24,27). The smallest absolute Gasteiger partial charge is 0.434 e. The molecule has 2 N–H and O–H groups in total. The zero-order chi connectivity index (χ0) is 23.8. The van der Waals surface area contributed by atoms with Crippen molar-refractivity contribution >= 4 is 38.0 Å². The zero-order valence-electron chi connectivity index (χ0n) is 18.9. The summed E-state index contributed by atoms with van der Waals surface area (Å²) in [5.74, 6) is 0.0986. The van der Waals surface area contributed by atoms with Gasteiger partial charge < -0.3 is 24.3 Å². The highest BCUT2D eigenvalue weighted by molar-refractivity contribution is 7.89. The lowest BCUT2D eigenvalue weighted by Crippen LogP contribution is -2.41. The van der Waals surface area contributed by atoms with Gasteiger partial charge in [-0.3, -0.25) is 4.79 Å². The van der Waals surface area contributed by atoms with Crippen molar-refractivity contribution in [2.24, 2.45) is 0 Å². The number of ether oxygens (including phenoxy) is 2. The van der Waals surface area contributed by atoms with Gasteiger partial charge >= 0.3 is 6.16 Å². The van der Waals surface area contributed by atoms with Crippen LogP contribution >= 0.6 is 0 Å². The monoisotopic (exact) mass is 476 g/mol. The fourth-order valence-corrected chi connectivity index (χ4v) is 6.01. The van der Waals surface area contributed by atoms with E-state index >= 15 is 0 Å². The van der Waals surface area contributed by atoms with Gasteiger partial charge in [0.25, 0.3) is 5.56 Å². The highest BCUT2D eigenvalue weighted by Crippen LogP contribution is 2.33. The molecular formula is C22H28N4O6S. The number of aromatic amines is 2. The molecule has 1 unspecified atom stereocenters. The van der Waals surface area contributed by atoms with Gasteiger partial charge in [-0.15, -0.1) is 0 Å². The van der Waals surface area contributed by atoms with Crippen LogP contribution in [0.15, 0.2) is 34.1 Å². The molecule has 2 aromatic heterocycles. The van der Waals surface area contributed by atoms with Crippen LogP contribution in [0, 0.1) is 0 Å². The van der Waals surface area contributed by atoms with E-state index in [1.54, 1.807) is 6.07 Å². The van der Waals surface area contributed by atoms with E-state index < -0.39 is 21.7 Å². The van der Waals surface area contributed by atoms with Crippen LogP contribution in [-0.4, -0.2) is 73.1 Å². The van der Waals surface area contributed by atoms with Crippen LogP contribution in [0.1, 0.15) is 26.7 Å². The minimum absolute atomic E-state index is 0.0986. The molecule has 0 saturated carbocycles. The molecule has 0 radical (unpaired) electrons. The average molecular weight is 477 g/mol. The first-order chi connectivity index (χ1) is 15.8. The number of fused-ring (bicyclic) bond motifs is 3. The summed E-state index contributed by atoms with van der Waals surface area (Å²) in [7, 11) is -1.81. The van der Waals surface area contributed by atoms with Gasteiger partial charge in [0.1, 0.15) is 5.52 Å². The highest BCUT2D eigenvalue weighted by atomic mass is 32.2. The third kappa shape index (κ3) is 4.35. The molecule has 0 bridgehead atoms. The molecule has 1 saturated heterocycles. The van der Waals surface area contributed by atoms with Gasteiger partial charge in [-0.05, 0) is 44.6 Å². The van der Waals surface area contributed by atoms with E-state index in [4.69, 9.17) is 9.47 Å². The molecule has 3 heterocycles. The Labute approximate surface area is 191 Å². The minimum atomic E-state index is -3.79. The van der Waals surface area contributed by atoms with Crippen LogP contribution in [0.5, 0.6) is 5.75 Å². The van der Waals surface area contributed by atoms with Gasteiger partial charge in [0, 0.05) is 36.2 Å². The van der Waals surface area contributed by atoms with Crippen LogP contribution < -0.4 is 10.3 Å². The molecule has 3 aromatic rings. The number of carbonyl (C=O) groups excluding carboxylic acids is 1. The van der Waals surface area contributed by atoms with Gasteiger partial charge in [-0.1, -0.05) is 13.8 Å². The molecule has 178 valence electrons. The third-order valence-electron chi connectivity index (χ3n) is 5.89. The SMILES string of the molecule is CCCOC(=O)Oc1c[nH]c2c(=O)[nH]c3ccc(S(=O)(=O)N(CC)C4CCN(C)C4)cc3c12. The Morgan fingerprint density at radius 1 is 1.30 bits per heavy atom. The van der Waals surface area contributed by atoms with Gasteiger partial charge in [0.2, 0.25) is 10.0 Å². The number of nitrogens with one attached hydrogen (secondary N) is 2. The molecule has 11 heteroatoms. The van der Waals surface area contributed by atoms with Crippen LogP contribution in [0.3, 0.4) is 0 Å². The molecule has 1 atom stereocenters. The summed E-state index contributed by atoms with van der Waals surface area (Å²) < 4.78 is 38.9. The molecule has 10 nitrogen and oxygen atoms in total. The van der Waals surface area contributed by atoms with Crippen molar-refractivity contribution in [2.75, 3.05) is 33.3 Å². The lowest BCUT2D eigenvalue weighted by Gasteiger charge is -2.27. The lowest BCUT2D eigenvalue weighted by atomic mass is 10.1. The normalized spacial score (nSPS) is 17.3. The van der Waals surface area contributed by atoms with E-state index in [9.17, 15) is 18.0 Å². The largest absolute Gasteiger partial charge is 0.513 e. The van der Waals surface area contributed by atoms with Gasteiger partial charge in [0.05, 0.1) is 16.9 Å². The average Bonchev–Trinajstić information content (AvgIpc) is 3.39. The number of likely N-dealkylation sites (N-methyl/N-ethyl adjacent to an activating group) is 2. The van der Waals surface area contributed by atoms with Crippen molar-refractivity contribution in [2.45, 2.75) is 37.6 Å². The van der Waals surface area contributed by atoms with E-state index in [-0.39, 0.29) is 28.8 Å². The molecular weight excluding hydrogens is 448 g/mol. The van der Waals surface area contributed by atoms with E-state index in [1.807, 2.05) is 20.9 Å². The number of hydrogen-bond donors (Lipinski definition) is 2. The van der Waals surface area contributed by atoms with Crippen molar-refractivity contribution in [3.05, 3.63) is 34.7 Å². The molecule has 1 aliphatic rings. The fourth-order valence-electron chi connectivity index (χ4n) is 4.33. The number of carbonyl (C=O) groups is 1. The Bertz CT molecular complexity index is 1350. The first-order valence-corrected chi connectivity index (χ1v) is 12.4. The predicted molar refractivity (Wildman–Crippen MR) is 124 cm³/mol. The Morgan fingerprint density at radius 3 is 2.76 bits per heavy atom. The fraction of sp³-hybridized carbons (Fsp3) is 0.455. The third-order valence-corrected chi connectivity index (χ3v) is 7.91. The molecule has 0 amide bonds. The Hall–Kier alpha value is -2.89. The summed E-state index contributed by atoms with van der Waals surface area (Å²) in [4.78, 5) is 32.3. The molecule has 0 spiro atoms. The molecule has 1 aliphatic heterocycles. The van der Waals surface area contributed by atoms with Gasteiger partial charge in [-0.2, -0.15) is 4.31 Å². The first-order valence-electron chi connectivity index (χ1n) is 11.0. The first kappa shape index (κ1) is 23.3. The maximum atomic E-state index is 13.5. The summed E-state index contributed by atoms with van der Waals surface area (Å²) in [5.41, 5.74) is 0.204. The second-order valence-corrected chi connectivity index (χ2v) is 10.1. The highest BCUT2D eigenvalue weighted by Gasteiger charge is 2.34. The lowest BCUT2D eigenvalue weighted by molar-refractivity contribution is 0.0997. The number of likely N-dealkylation sites (tertiary alicyclic amines) is 1. The van der Waals surface area contributed by atoms with Crippen molar-refractivity contribution in [3.8, 4) is 5.75 Å². The molecule has 1 aromatic carbocycles. The van der Waals surface area contributed by atoms with E-state index in [0.29, 0.717) is 35.8 Å². The number of rotatable bonds is 7. The Morgan fingerprint density at radius 2 is 2.09 bits per heavy atom. The second kappa shape index (κ2) is 9.16. The number of aromatic nitrogens is 2. The number of sulfonamides is 1. The van der Waals surface area contributed by atoms with Gasteiger partial charge in [-0.25, -0.2) is 13.2 Å². The van der Waals surface area contributed by atoms with Crippen LogP contribution in [0.2, 0.25) is 0 Å². The minimum Gasteiger partial charge on any atom is -0.434 e. The van der Waals surface area contributed by atoms with Crippen molar-refractivity contribution in [3.63, 3.8) is 0 Å². The van der Waals surface area contributed by atoms with E-state index in [1.165, 1.54) is 22.6 Å². The Kier molecular flexibility index (Phi) is 6.46. The summed E-state index contributed by atoms with van der Waals surface area (Å²) in [5, 5.41) is 0.771. The topological polar surface area (TPSA) is 125 Å². The van der Waals surface area contributed by atoms with E-state index in [0.717, 1.165) is 13.0 Å². The van der Waals surface area contributed by atoms with Crippen molar-refractivity contribution < 1.29 is 22.7 Å². The maximum Gasteiger partial charge on any atom is 0.513 e. The van der Waals surface area contributed by atoms with Crippen LogP contribution in [0.4, 0.5) is 4.79 Å². The molecule has 4 rings (SSSR count). The maximum absolute atomic E-state index is 13.5. The summed E-state index contributed by atoms with van der Waals surface area (Å²) in [6.45, 7) is 5.75. The number of hydrogen-bond acceptors (Lipinski definition) is 7. The molecule has 33 heavy (non-hydrogen) atoms. The summed E-state index contributed by atoms with van der Waals surface area (Å²) >= 11 is 0. The van der Waals surface area contributed by atoms with Gasteiger partial charge in [0.15, 0.2) is 5.75 Å². The number of H-pyrrole nitrogens is 2. The number of pyridine rings is 1. The Balaban J connectivity index is 1.81. The zero-order valence-corrected chi connectivity index (χ0v) is 19.7. The predicted octanol–water partition coefficient (Wildman–Crippen LogP) is 2.65. The summed E-state index contributed by atoms with van der Waals surface area (Å²) in [6, 6.07) is 4.46. The van der Waals surface area contributed by atoms with Crippen LogP contribution in [-0.2, 0) is 14.8 Å². The van der Waals surface area contributed by atoms with Crippen molar-refractivity contribution in [1.82, 2.24) is 19.2 Å². The number of nitrogens with zero attached hydrogens (tertiary/aromatic N) is 2. The molecule has 1 fully saturated rings. The van der Waals surface area contributed by atoms with Crippen LogP contribution in [0.25, 0.3) is 21.8 Å². The van der Waals surface area contributed by atoms with E-state index in [2.05, 4.69) is 14.9 Å². The quantitative estimate of drug-likeness (QED) is 0.502. The van der Waals surface area contributed by atoms with Crippen molar-refractivity contribution in [1.29, 1.82) is 0 Å². The summed E-state index contributed by atoms with van der Waals surface area (Å²) in [6.07, 6.45) is 1.90. The second-order valence-electron chi connectivity index (χ2n) is 8.18.